The molecule has 0 fully saturated rings. The number of hydrogen-bond acceptors (Lipinski definition) is 3. The topological polar surface area (TPSA) is 58.6 Å². The van der Waals surface area contributed by atoms with Gasteiger partial charge in [0.25, 0.3) is 0 Å². The lowest BCUT2D eigenvalue weighted by molar-refractivity contribution is -0.137. The van der Waals surface area contributed by atoms with Crippen molar-refractivity contribution in [3.05, 3.63) is 65.7 Å². The van der Waals surface area contributed by atoms with Gasteiger partial charge in [0, 0.05) is 19.0 Å². The van der Waals surface area contributed by atoms with E-state index in [4.69, 9.17) is 9.84 Å². The van der Waals surface area contributed by atoms with Crippen LogP contribution in [0.25, 0.3) is 0 Å². The first-order chi connectivity index (χ1) is 11.2. The van der Waals surface area contributed by atoms with Crippen LogP contribution in [0.2, 0.25) is 0 Å². The molecule has 23 heavy (non-hydrogen) atoms. The van der Waals surface area contributed by atoms with E-state index in [1.54, 1.807) is 7.11 Å². The number of aliphatic carboxylic acids is 1. The molecule has 0 bridgehead atoms. The average molecular weight is 313 g/mol. The third-order valence-electron chi connectivity index (χ3n) is 3.76. The van der Waals surface area contributed by atoms with E-state index < -0.39 is 5.97 Å². The van der Waals surface area contributed by atoms with Crippen LogP contribution in [-0.2, 0) is 17.8 Å². The van der Waals surface area contributed by atoms with Gasteiger partial charge in [-0.2, -0.15) is 0 Å². The van der Waals surface area contributed by atoms with Crippen LogP contribution in [0.5, 0.6) is 5.75 Å². The Morgan fingerprint density at radius 3 is 2.57 bits per heavy atom. The number of carboxylic acid groups (broad SMARTS) is 1. The molecule has 2 rings (SSSR count). The second kappa shape index (κ2) is 8.96. The lowest BCUT2D eigenvalue weighted by Gasteiger charge is -2.18. The summed E-state index contributed by atoms with van der Waals surface area (Å²) in [5.41, 5.74) is 2.33. The summed E-state index contributed by atoms with van der Waals surface area (Å²) in [7, 11) is 1.65. The molecule has 4 nitrogen and oxygen atoms in total. The summed E-state index contributed by atoms with van der Waals surface area (Å²) in [4.78, 5) is 10.9. The fraction of sp³-hybridized carbons (Fsp3) is 0.316. The number of benzene rings is 2. The Balaban J connectivity index is 1.97. The minimum atomic E-state index is -0.758. The van der Waals surface area contributed by atoms with E-state index in [1.165, 1.54) is 5.56 Å². The summed E-state index contributed by atoms with van der Waals surface area (Å²) in [6.45, 7) is 0.689. The number of carboxylic acids is 1. The number of methoxy groups -OCH3 is 1. The molecule has 1 atom stereocenters. The predicted molar refractivity (Wildman–Crippen MR) is 90.6 cm³/mol. The highest BCUT2D eigenvalue weighted by Crippen LogP contribution is 2.14. The molecule has 0 saturated carbocycles. The highest BCUT2D eigenvalue weighted by Gasteiger charge is 2.11. The van der Waals surface area contributed by atoms with Crippen LogP contribution in [0, 0.1) is 0 Å². The minimum Gasteiger partial charge on any atom is -0.497 e. The van der Waals surface area contributed by atoms with Gasteiger partial charge in [-0.3, -0.25) is 4.79 Å². The first kappa shape index (κ1) is 17.0. The van der Waals surface area contributed by atoms with Crippen LogP contribution < -0.4 is 10.1 Å². The molecule has 2 N–H and O–H groups in total. The first-order valence-corrected chi connectivity index (χ1v) is 7.79. The Kier molecular flexibility index (Phi) is 6.63. The smallest absolute Gasteiger partial charge is 0.303 e. The standard InChI is InChI=1S/C19H23NO3/c1-23-18-9-5-8-16(13-18)14-20-17(10-11-19(21)22)12-15-6-3-2-4-7-15/h2-9,13,17,20H,10-12,14H2,1H3,(H,21,22). The molecule has 0 radical (unpaired) electrons. The van der Waals surface area contributed by atoms with Crippen molar-refractivity contribution in [3.8, 4) is 5.75 Å². The van der Waals surface area contributed by atoms with E-state index in [9.17, 15) is 4.79 Å². The normalized spacial score (nSPS) is 11.9. The minimum absolute atomic E-state index is 0.125. The molecular formula is C19H23NO3. The van der Waals surface area contributed by atoms with Gasteiger partial charge in [-0.1, -0.05) is 42.5 Å². The molecule has 0 saturated heterocycles. The zero-order chi connectivity index (χ0) is 16.5. The van der Waals surface area contributed by atoms with Gasteiger partial charge in [-0.05, 0) is 36.1 Å². The highest BCUT2D eigenvalue weighted by molar-refractivity contribution is 5.66. The van der Waals surface area contributed by atoms with E-state index in [0.29, 0.717) is 13.0 Å². The van der Waals surface area contributed by atoms with E-state index in [1.807, 2.05) is 42.5 Å². The van der Waals surface area contributed by atoms with Crippen molar-refractivity contribution in [2.45, 2.75) is 31.8 Å². The predicted octanol–water partition coefficient (Wildman–Crippen LogP) is 3.26. The zero-order valence-corrected chi connectivity index (χ0v) is 13.4. The van der Waals surface area contributed by atoms with Gasteiger partial charge in [0.05, 0.1) is 7.11 Å². The lowest BCUT2D eigenvalue weighted by atomic mass is 10.0. The first-order valence-electron chi connectivity index (χ1n) is 7.79. The molecule has 122 valence electrons. The Hall–Kier alpha value is -2.33. The van der Waals surface area contributed by atoms with Crippen LogP contribution in [0.15, 0.2) is 54.6 Å². The van der Waals surface area contributed by atoms with Crippen LogP contribution >= 0.6 is 0 Å². The van der Waals surface area contributed by atoms with Crippen molar-refractivity contribution >= 4 is 5.97 Å². The quantitative estimate of drug-likeness (QED) is 0.746. The molecule has 0 heterocycles. The Bertz CT molecular complexity index is 613. The highest BCUT2D eigenvalue weighted by atomic mass is 16.5. The SMILES string of the molecule is COc1cccc(CNC(CCC(=O)O)Cc2ccccc2)c1. The number of hydrogen-bond donors (Lipinski definition) is 2. The Labute approximate surface area is 137 Å². The third kappa shape index (κ3) is 6.12. The maximum Gasteiger partial charge on any atom is 0.303 e. The number of carbonyl (C=O) groups is 1. The Morgan fingerprint density at radius 1 is 1.13 bits per heavy atom. The van der Waals surface area contributed by atoms with Gasteiger partial charge >= 0.3 is 5.97 Å². The zero-order valence-electron chi connectivity index (χ0n) is 13.4. The second-order valence-electron chi connectivity index (χ2n) is 5.55. The van der Waals surface area contributed by atoms with E-state index >= 15 is 0 Å². The molecule has 4 heteroatoms. The average Bonchev–Trinajstić information content (AvgIpc) is 2.58. The molecule has 0 amide bonds. The largest absolute Gasteiger partial charge is 0.497 e. The molecular weight excluding hydrogens is 290 g/mol. The monoisotopic (exact) mass is 313 g/mol. The number of ether oxygens (including phenoxy) is 1. The molecule has 0 spiro atoms. The summed E-state index contributed by atoms with van der Waals surface area (Å²) >= 11 is 0. The Morgan fingerprint density at radius 2 is 1.87 bits per heavy atom. The molecule has 0 aromatic heterocycles. The molecule has 0 aliphatic heterocycles. The van der Waals surface area contributed by atoms with E-state index in [0.717, 1.165) is 17.7 Å². The third-order valence-corrected chi connectivity index (χ3v) is 3.76. The fourth-order valence-electron chi connectivity index (χ4n) is 2.52. The summed E-state index contributed by atoms with van der Waals surface area (Å²) in [5, 5.41) is 12.4. The van der Waals surface area contributed by atoms with Gasteiger partial charge in [0.1, 0.15) is 5.75 Å². The second-order valence-corrected chi connectivity index (χ2v) is 5.55. The lowest BCUT2D eigenvalue weighted by Crippen LogP contribution is -2.31. The maximum absolute atomic E-state index is 10.9. The van der Waals surface area contributed by atoms with Crippen molar-refractivity contribution in [2.24, 2.45) is 0 Å². The van der Waals surface area contributed by atoms with Gasteiger partial charge in [0.15, 0.2) is 0 Å². The molecule has 0 aliphatic rings. The van der Waals surface area contributed by atoms with Gasteiger partial charge in [0.2, 0.25) is 0 Å². The maximum atomic E-state index is 10.9. The van der Waals surface area contributed by atoms with Crippen molar-refractivity contribution in [1.29, 1.82) is 0 Å². The number of rotatable bonds is 9. The van der Waals surface area contributed by atoms with E-state index in [2.05, 4.69) is 17.4 Å². The molecule has 1 unspecified atom stereocenters. The van der Waals surface area contributed by atoms with Crippen molar-refractivity contribution in [2.75, 3.05) is 7.11 Å². The fourth-order valence-corrected chi connectivity index (χ4v) is 2.52. The molecule has 0 aliphatic carbocycles. The summed E-state index contributed by atoms with van der Waals surface area (Å²) < 4.78 is 5.23. The van der Waals surface area contributed by atoms with Gasteiger partial charge < -0.3 is 15.2 Å². The van der Waals surface area contributed by atoms with Crippen LogP contribution in [0.3, 0.4) is 0 Å². The summed E-state index contributed by atoms with van der Waals surface area (Å²) in [6, 6.07) is 18.2. The van der Waals surface area contributed by atoms with Gasteiger partial charge in [-0.25, -0.2) is 0 Å². The van der Waals surface area contributed by atoms with Crippen LogP contribution in [0.1, 0.15) is 24.0 Å². The van der Waals surface area contributed by atoms with Crippen LogP contribution in [0.4, 0.5) is 0 Å². The summed E-state index contributed by atoms with van der Waals surface area (Å²) in [6.07, 6.45) is 1.59. The van der Waals surface area contributed by atoms with Crippen molar-refractivity contribution in [1.82, 2.24) is 5.32 Å². The molecule has 2 aromatic carbocycles. The number of nitrogens with one attached hydrogen (secondary N) is 1. The van der Waals surface area contributed by atoms with E-state index in [-0.39, 0.29) is 12.5 Å². The molecule has 2 aromatic rings. The van der Waals surface area contributed by atoms with Crippen molar-refractivity contribution in [3.63, 3.8) is 0 Å². The van der Waals surface area contributed by atoms with Gasteiger partial charge in [-0.15, -0.1) is 0 Å². The van der Waals surface area contributed by atoms with Crippen LogP contribution in [-0.4, -0.2) is 24.2 Å². The summed E-state index contributed by atoms with van der Waals surface area (Å²) in [5.74, 6) is 0.0701. The van der Waals surface area contributed by atoms with Crippen molar-refractivity contribution < 1.29 is 14.6 Å².